The summed E-state index contributed by atoms with van der Waals surface area (Å²) in [5.74, 6) is -0.210. The van der Waals surface area contributed by atoms with E-state index in [-0.39, 0.29) is 12.5 Å². The van der Waals surface area contributed by atoms with Gasteiger partial charge in [-0.15, -0.1) is 0 Å². The second-order valence-corrected chi connectivity index (χ2v) is 5.07. The van der Waals surface area contributed by atoms with Gasteiger partial charge in [-0.25, -0.2) is 0 Å². The molecule has 22 heavy (non-hydrogen) atoms. The molecular weight excluding hydrogens is 296 g/mol. The minimum absolute atomic E-state index is 0.157. The van der Waals surface area contributed by atoms with E-state index in [2.05, 4.69) is 21.5 Å². The molecule has 0 radical (unpaired) electrons. The molecule has 5 nitrogen and oxygen atoms in total. The van der Waals surface area contributed by atoms with Gasteiger partial charge in [0, 0.05) is 11.4 Å². The van der Waals surface area contributed by atoms with E-state index in [9.17, 15) is 4.79 Å². The maximum Gasteiger partial charge on any atom is 0.257 e. The van der Waals surface area contributed by atoms with Gasteiger partial charge in [-0.2, -0.15) is 0 Å². The molecule has 0 aliphatic carbocycles. The maximum absolute atomic E-state index is 11.7. The Morgan fingerprint density at radius 3 is 2.41 bits per heavy atom. The predicted molar refractivity (Wildman–Crippen MR) is 93.6 cm³/mol. The van der Waals surface area contributed by atoms with Crippen LogP contribution in [0.25, 0.3) is 0 Å². The molecule has 0 saturated heterocycles. The minimum Gasteiger partial charge on any atom is -0.376 e. The predicted octanol–water partition coefficient (Wildman–Crippen LogP) is 2.42. The van der Waals surface area contributed by atoms with Crippen molar-refractivity contribution in [2.75, 3.05) is 17.2 Å². The minimum atomic E-state index is -0.210. The first kappa shape index (κ1) is 15.8. The normalized spacial score (nSPS) is 9.68. The van der Waals surface area contributed by atoms with Gasteiger partial charge in [-0.1, -0.05) is 36.4 Å². The van der Waals surface area contributed by atoms with Gasteiger partial charge in [0.25, 0.3) is 5.91 Å². The number of carbonyl (C=O) groups is 1. The van der Waals surface area contributed by atoms with E-state index in [1.807, 2.05) is 61.5 Å². The average molecular weight is 314 g/mol. The van der Waals surface area contributed by atoms with Gasteiger partial charge in [0.15, 0.2) is 5.11 Å². The highest BCUT2D eigenvalue weighted by atomic mass is 32.1. The number of hydrogen-bond donors (Lipinski definition) is 4. The lowest BCUT2D eigenvalue weighted by Gasteiger charge is -2.13. The average Bonchev–Trinajstić information content (AvgIpc) is 2.54. The van der Waals surface area contributed by atoms with E-state index in [0.29, 0.717) is 5.11 Å². The fourth-order valence-electron chi connectivity index (χ4n) is 1.78. The van der Waals surface area contributed by atoms with E-state index in [1.54, 1.807) is 0 Å². The summed E-state index contributed by atoms with van der Waals surface area (Å²) in [6, 6.07) is 17.3. The van der Waals surface area contributed by atoms with Crippen molar-refractivity contribution in [3.8, 4) is 0 Å². The van der Waals surface area contributed by atoms with Gasteiger partial charge >= 0.3 is 0 Å². The van der Waals surface area contributed by atoms with Crippen LogP contribution in [0.4, 0.5) is 11.4 Å². The van der Waals surface area contributed by atoms with Crippen LogP contribution in [0.3, 0.4) is 0 Å². The Kier molecular flexibility index (Phi) is 5.73. The van der Waals surface area contributed by atoms with Crippen LogP contribution in [0, 0.1) is 6.92 Å². The van der Waals surface area contributed by atoms with Gasteiger partial charge < -0.3 is 10.6 Å². The summed E-state index contributed by atoms with van der Waals surface area (Å²) >= 11 is 5.13. The van der Waals surface area contributed by atoms with Crippen molar-refractivity contribution in [1.29, 1.82) is 0 Å². The molecule has 0 aliphatic rings. The maximum atomic E-state index is 11.7. The van der Waals surface area contributed by atoms with Gasteiger partial charge in [0.2, 0.25) is 0 Å². The van der Waals surface area contributed by atoms with Crippen LogP contribution in [-0.4, -0.2) is 17.6 Å². The Hall–Kier alpha value is -2.60. The van der Waals surface area contributed by atoms with Crippen molar-refractivity contribution in [3.63, 3.8) is 0 Å². The number of aryl methyl sites for hydroxylation is 1. The third-order valence-corrected chi connectivity index (χ3v) is 3.14. The van der Waals surface area contributed by atoms with E-state index in [1.165, 1.54) is 0 Å². The Morgan fingerprint density at radius 2 is 1.68 bits per heavy atom. The zero-order chi connectivity index (χ0) is 15.8. The molecule has 0 fully saturated rings. The molecule has 0 aliphatic heterocycles. The van der Waals surface area contributed by atoms with Crippen molar-refractivity contribution in [3.05, 3.63) is 60.2 Å². The van der Waals surface area contributed by atoms with Crippen molar-refractivity contribution in [2.24, 2.45) is 0 Å². The first-order valence-corrected chi connectivity index (χ1v) is 7.26. The number of thiocarbonyl (C=S) groups is 1. The van der Waals surface area contributed by atoms with E-state index in [0.717, 1.165) is 16.9 Å². The van der Waals surface area contributed by atoms with Gasteiger partial charge in [-0.05, 0) is 42.9 Å². The van der Waals surface area contributed by atoms with Crippen molar-refractivity contribution in [1.82, 2.24) is 10.9 Å². The van der Waals surface area contributed by atoms with Crippen molar-refractivity contribution < 1.29 is 4.79 Å². The Morgan fingerprint density at radius 1 is 1.00 bits per heavy atom. The number of benzene rings is 2. The number of hydrazine groups is 1. The summed E-state index contributed by atoms with van der Waals surface area (Å²) in [7, 11) is 0. The fraction of sp³-hybridized carbons (Fsp3) is 0.125. The molecule has 0 unspecified atom stereocenters. The number of amides is 1. The number of hydrogen-bond acceptors (Lipinski definition) is 3. The number of carbonyl (C=O) groups excluding carboxylic acids is 1. The molecule has 0 saturated carbocycles. The highest BCUT2D eigenvalue weighted by Gasteiger charge is 2.03. The molecule has 0 bridgehead atoms. The molecule has 0 heterocycles. The standard InChI is InChI=1S/C16H18N4OS/c1-12-7-5-6-10-14(12)18-16(22)20-19-15(21)11-17-13-8-3-2-4-9-13/h2-10,17H,11H2,1H3,(H,19,21)(H2,18,20,22). The van der Waals surface area contributed by atoms with Crippen LogP contribution in [0.5, 0.6) is 0 Å². The smallest absolute Gasteiger partial charge is 0.257 e. The number of rotatable bonds is 4. The largest absolute Gasteiger partial charge is 0.376 e. The van der Waals surface area contributed by atoms with Crippen LogP contribution < -0.4 is 21.5 Å². The zero-order valence-corrected chi connectivity index (χ0v) is 13.0. The van der Waals surface area contributed by atoms with Gasteiger partial charge in [-0.3, -0.25) is 15.6 Å². The lowest BCUT2D eigenvalue weighted by Crippen LogP contribution is -2.45. The summed E-state index contributed by atoms with van der Waals surface area (Å²) in [5.41, 5.74) is 8.07. The molecule has 0 atom stereocenters. The molecule has 2 aromatic carbocycles. The van der Waals surface area contributed by atoms with Crippen LogP contribution in [0.2, 0.25) is 0 Å². The third kappa shape index (κ3) is 5.06. The molecule has 6 heteroatoms. The quantitative estimate of drug-likeness (QED) is 0.516. The molecule has 2 aromatic rings. The lowest BCUT2D eigenvalue weighted by molar-refractivity contribution is -0.119. The monoisotopic (exact) mass is 314 g/mol. The van der Waals surface area contributed by atoms with Crippen LogP contribution in [0.15, 0.2) is 54.6 Å². The zero-order valence-electron chi connectivity index (χ0n) is 12.2. The van der Waals surface area contributed by atoms with E-state index >= 15 is 0 Å². The lowest BCUT2D eigenvalue weighted by atomic mass is 10.2. The molecule has 1 amide bonds. The Balaban J connectivity index is 1.72. The topological polar surface area (TPSA) is 65.2 Å². The first-order chi connectivity index (χ1) is 10.6. The summed E-state index contributed by atoms with van der Waals surface area (Å²) < 4.78 is 0. The molecule has 114 valence electrons. The van der Waals surface area contributed by atoms with Crippen molar-refractivity contribution >= 4 is 34.6 Å². The van der Waals surface area contributed by atoms with Gasteiger partial charge in [0.1, 0.15) is 0 Å². The second kappa shape index (κ2) is 7.99. The number of nitrogens with one attached hydrogen (secondary N) is 4. The molecule has 4 N–H and O–H groups in total. The second-order valence-electron chi connectivity index (χ2n) is 4.66. The van der Waals surface area contributed by atoms with Crippen LogP contribution in [0.1, 0.15) is 5.56 Å². The number of para-hydroxylation sites is 2. The summed E-state index contributed by atoms with van der Waals surface area (Å²) in [4.78, 5) is 11.7. The summed E-state index contributed by atoms with van der Waals surface area (Å²) in [6.45, 7) is 2.14. The fourth-order valence-corrected chi connectivity index (χ4v) is 1.94. The molecule has 0 spiro atoms. The number of anilines is 2. The molecular formula is C16H18N4OS. The summed E-state index contributed by atoms with van der Waals surface area (Å²) in [6.07, 6.45) is 0. The van der Waals surface area contributed by atoms with Crippen LogP contribution >= 0.6 is 12.2 Å². The summed E-state index contributed by atoms with van der Waals surface area (Å²) in [5, 5.41) is 6.37. The molecule has 2 rings (SSSR count). The molecule has 0 aromatic heterocycles. The Bertz CT molecular complexity index is 646. The van der Waals surface area contributed by atoms with Crippen LogP contribution in [-0.2, 0) is 4.79 Å². The Labute approximate surface area is 135 Å². The first-order valence-electron chi connectivity index (χ1n) is 6.85. The van der Waals surface area contributed by atoms with Crippen molar-refractivity contribution in [2.45, 2.75) is 6.92 Å². The SMILES string of the molecule is Cc1ccccc1NC(=S)NNC(=O)CNc1ccccc1. The highest BCUT2D eigenvalue weighted by molar-refractivity contribution is 7.80. The van der Waals surface area contributed by atoms with Gasteiger partial charge in [0.05, 0.1) is 6.54 Å². The van der Waals surface area contributed by atoms with E-state index < -0.39 is 0 Å². The highest BCUT2D eigenvalue weighted by Crippen LogP contribution is 2.12. The third-order valence-electron chi connectivity index (χ3n) is 2.94. The van der Waals surface area contributed by atoms with E-state index in [4.69, 9.17) is 12.2 Å².